The van der Waals surface area contributed by atoms with Gasteiger partial charge in [-0.25, -0.2) is 0 Å². The zero-order chi connectivity index (χ0) is 20.6. The molecule has 0 amide bonds. The highest BCUT2D eigenvalue weighted by Gasteiger charge is 2.30. The second-order valence-electron chi connectivity index (χ2n) is 7.51. The van der Waals surface area contributed by atoms with E-state index in [0.717, 1.165) is 31.1 Å². The van der Waals surface area contributed by atoms with Crippen LogP contribution in [0.25, 0.3) is 0 Å². The number of benzene rings is 1. The highest BCUT2D eigenvalue weighted by molar-refractivity contribution is 14.0. The third kappa shape index (κ3) is 6.87. The van der Waals surface area contributed by atoms with Gasteiger partial charge in [-0.05, 0) is 69.1 Å². The fourth-order valence-corrected chi connectivity index (χ4v) is 4.21. The first-order valence-electron chi connectivity index (χ1n) is 10.3. The van der Waals surface area contributed by atoms with Gasteiger partial charge < -0.3 is 20.2 Å². The molecular formula is C22H32ClIN4O2. The van der Waals surface area contributed by atoms with Gasteiger partial charge in [-0.3, -0.25) is 9.89 Å². The largest absolute Gasteiger partial charge is 0.467 e. The van der Waals surface area contributed by atoms with Gasteiger partial charge in [0.15, 0.2) is 5.96 Å². The molecule has 0 aliphatic carbocycles. The van der Waals surface area contributed by atoms with Crippen molar-refractivity contribution in [1.82, 2.24) is 15.5 Å². The Hall–Kier alpha value is -1.29. The average Bonchev–Trinajstić information content (AvgIpc) is 3.25. The van der Waals surface area contributed by atoms with Crippen LogP contribution in [0, 0.1) is 5.92 Å². The minimum absolute atomic E-state index is 0. The van der Waals surface area contributed by atoms with Crippen LogP contribution in [-0.2, 0) is 0 Å². The zero-order valence-corrected chi connectivity index (χ0v) is 20.6. The normalized spacial score (nSPS) is 21.0. The second kappa shape index (κ2) is 12.5. The molecule has 0 radical (unpaired) electrons. The van der Waals surface area contributed by atoms with Crippen LogP contribution in [0.1, 0.15) is 43.2 Å². The molecule has 3 unspecified atom stereocenters. The molecule has 1 aromatic heterocycles. The van der Waals surface area contributed by atoms with Crippen molar-refractivity contribution >= 4 is 41.5 Å². The van der Waals surface area contributed by atoms with Gasteiger partial charge in [0, 0.05) is 24.2 Å². The van der Waals surface area contributed by atoms with Crippen molar-refractivity contribution in [3.05, 3.63) is 59.0 Å². The fraction of sp³-hybridized carbons (Fsp3) is 0.500. The quantitative estimate of drug-likeness (QED) is 0.276. The van der Waals surface area contributed by atoms with Gasteiger partial charge >= 0.3 is 0 Å². The summed E-state index contributed by atoms with van der Waals surface area (Å²) in [5, 5.41) is 17.7. The Balaban J connectivity index is 0.00000320. The second-order valence-corrected chi connectivity index (χ2v) is 7.95. The number of likely N-dealkylation sites (tertiary alicyclic amines) is 1. The number of halogens is 2. The summed E-state index contributed by atoms with van der Waals surface area (Å²) in [5.74, 6) is 1.67. The molecular weight excluding hydrogens is 515 g/mol. The maximum absolute atomic E-state index is 10.2. The van der Waals surface area contributed by atoms with Crippen LogP contribution in [0.15, 0.2) is 52.1 Å². The lowest BCUT2D eigenvalue weighted by atomic mass is 9.85. The van der Waals surface area contributed by atoms with Gasteiger partial charge in [0.05, 0.1) is 12.8 Å². The molecule has 1 saturated heterocycles. The Labute approximate surface area is 201 Å². The van der Waals surface area contributed by atoms with Crippen LogP contribution < -0.4 is 10.6 Å². The van der Waals surface area contributed by atoms with E-state index in [9.17, 15) is 5.11 Å². The first-order chi connectivity index (χ1) is 14.1. The minimum Gasteiger partial charge on any atom is -0.467 e. The number of furan rings is 1. The molecule has 8 heteroatoms. The summed E-state index contributed by atoms with van der Waals surface area (Å²) in [6, 6.07) is 12.0. The predicted octanol–water partition coefficient (Wildman–Crippen LogP) is 4.22. The van der Waals surface area contributed by atoms with Crippen molar-refractivity contribution in [2.24, 2.45) is 10.9 Å². The van der Waals surface area contributed by atoms with Crippen molar-refractivity contribution in [3.63, 3.8) is 0 Å². The molecule has 0 bridgehead atoms. The van der Waals surface area contributed by atoms with Gasteiger partial charge in [0.25, 0.3) is 0 Å². The molecule has 30 heavy (non-hydrogen) atoms. The number of hydrogen-bond donors (Lipinski definition) is 3. The lowest BCUT2D eigenvalue weighted by Gasteiger charge is -2.40. The topological polar surface area (TPSA) is 73.0 Å². The van der Waals surface area contributed by atoms with Crippen molar-refractivity contribution in [3.8, 4) is 0 Å². The Morgan fingerprint density at radius 3 is 2.87 bits per heavy atom. The predicted molar refractivity (Wildman–Crippen MR) is 133 cm³/mol. The Bertz CT molecular complexity index is 787. The zero-order valence-electron chi connectivity index (χ0n) is 17.6. The highest BCUT2D eigenvalue weighted by Crippen LogP contribution is 2.35. The van der Waals surface area contributed by atoms with Crippen molar-refractivity contribution < 1.29 is 9.52 Å². The van der Waals surface area contributed by atoms with Crippen LogP contribution in [0.4, 0.5) is 0 Å². The van der Waals surface area contributed by atoms with Gasteiger partial charge in [-0.1, -0.05) is 23.7 Å². The average molecular weight is 547 g/mol. The van der Waals surface area contributed by atoms with E-state index in [4.69, 9.17) is 16.0 Å². The fourth-order valence-electron chi connectivity index (χ4n) is 4.01. The first-order valence-corrected chi connectivity index (χ1v) is 10.7. The number of nitrogens with zero attached hydrogens (tertiary/aromatic N) is 2. The molecule has 166 valence electrons. The maximum Gasteiger partial charge on any atom is 0.191 e. The van der Waals surface area contributed by atoms with Crippen molar-refractivity contribution in [1.29, 1.82) is 0 Å². The summed E-state index contributed by atoms with van der Waals surface area (Å²) in [4.78, 5) is 6.94. The van der Waals surface area contributed by atoms with Gasteiger partial charge in [-0.2, -0.15) is 0 Å². The first kappa shape index (κ1) is 25.0. The lowest BCUT2D eigenvalue weighted by molar-refractivity contribution is 0.122. The third-order valence-corrected chi connectivity index (χ3v) is 5.60. The lowest BCUT2D eigenvalue weighted by Crippen LogP contribution is -2.45. The molecule has 3 rings (SSSR count). The molecule has 6 nitrogen and oxygen atoms in total. The van der Waals surface area contributed by atoms with Crippen molar-refractivity contribution in [2.45, 2.75) is 31.9 Å². The van der Waals surface area contributed by atoms with E-state index >= 15 is 0 Å². The summed E-state index contributed by atoms with van der Waals surface area (Å²) in [6.45, 7) is 4.90. The Kier molecular flexibility index (Phi) is 10.4. The molecule has 1 aliphatic heterocycles. The van der Waals surface area contributed by atoms with E-state index < -0.39 is 6.10 Å². The Morgan fingerprint density at radius 1 is 1.33 bits per heavy atom. The molecule has 0 saturated carbocycles. The summed E-state index contributed by atoms with van der Waals surface area (Å²) in [6.07, 6.45) is 3.12. The van der Waals surface area contributed by atoms with Crippen molar-refractivity contribution in [2.75, 3.05) is 33.2 Å². The number of nitrogens with one attached hydrogen (secondary N) is 2. The number of hydrogen-bond acceptors (Lipinski definition) is 4. The van der Waals surface area contributed by atoms with Crippen LogP contribution in [-0.4, -0.2) is 49.2 Å². The molecule has 1 aromatic carbocycles. The van der Waals surface area contributed by atoms with E-state index in [2.05, 4.69) is 39.7 Å². The molecule has 1 aliphatic rings. The van der Waals surface area contributed by atoms with Crippen LogP contribution >= 0.6 is 35.6 Å². The van der Waals surface area contributed by atoms with E-state index in [1.807, 2.05) is 19.1 Å². The highest BCUT2D eigenvalue weighted by atomic mass is 127. The summed E-state index contributed by atoms with van der Waals surface area (Å²) < 4.78 is 5.25. The number of aliphatic hydroxyl groups excluding tert-OH is 1. The SMILES string of the molecule is CCNC(=NCC(O)c1ccco1)NCC1CCCN(C)C1c1cccc(Cl)c1.I. The maximum atomic E-state index is 10.2. The van der Waals surface area contributed by atoms with E-state index in [0.29, 0.717) is 23.7 Å². The molecule has 3 atom stereocenters. The van der Waals surface area contributed by atoms with Gasteiger partial charge in [0.1, 0.15) is 11.9 Å². The number of aliphatic hydroxyl groups is 1. The standard InChI is InChI=1S/C22H31ClN4O2.HI/c1-3-24-22(26-15-19(28)20-10-6-12-29-20)25-14-17-8-5-11-27(2)21(17)16-7-4-9-18(23)13-16;/h4,6-7,9-10,12-13,17,19,21,28H,3,5,8,11,14-15H2,1-2H3,(H2,24,25,26);1H. The summed E-state index contributed by atoms with van der Waals surface area (Å²) >= 11 is 6.25. The van der Waals surface area contributed by atoms with Gasteiger partial charge in [0.2, 0.25) is 0 Å². The van der Waals surface area contributed by atoms with Crippen LogP contribution in [0.2, 0.25) is 5.02 Å². The summed E-state index contributed by atoms with van der Waals surface area (Å²) in [5.41, 5.74) is 1.25. The number of rotatable bonds is 7. The van der Waals surface area contributed by atoms with E-state index in [-0.39, 0.29) is 30.5 Å². The van der Waals surface area contributed by atoms with Crippen LogP contribution in [0.3, 0.4) is 0 Å². The van der Waals surface area contributed by atoms with Crippen LogP contribution in [0.5, 0.6) is 0 Å². The van der Waals surface area contributed by atoms with E-state index in [1.54, 1.807) is 18.4 Å². The van der Waals surface area contributed by atoms with E-state index in [1.165, 1.54) is 12.0 Å². The number of piperidine rings is 1. The molecule has 2 aromatic rings. The monoisotopic (exact) mass is 546 g/mol. The molecule has 3 N–H and O–H groups in total. The molecule has 2 heterocycles. The Morgan fingerprint density at radius 2 is 2.17 bits per heavy atom. The minimum atomic E-state index is -0.750. The summed E-state index contributed by atoms with van der Waals surface area (Å²) in [7, 11) is 2.18. The number of guanidine groups is 1. The third-order valence-electron chi connectivity index (χ3n) is 5.37. The van der Waals surface area contributed by atoms with Gasteiger partial charge in [-0.15, -0.1) is 24.0 Å². The smallest absolute Gasteiger partial charge is 0.191 e. The molecule has 1 fully saturated rings. The molecule has 0 spiro atoms. The number of aliphatic imine (C=N–C) groups is 1.